The van der Waals surface area contributed by atoms with Crippen LogP contribution in [0.3, 0.4) is 0 Å². The van der Waals surface area contributed by atoms with E-state index in [-0.39, 0.29) is 5.91 Å². The van der Waals surface area contributed by atoms with Gasteiger partial charge in [0.05, 0.1) is 0 Å². The summed E-state index contributed by atoms with van der Waals surface area (Å²) in [5, 5.41) is 6.21. The Labute approximate surface area is 191 Å². The Bertz CT molecular complexity index is 1180. The summed E-state index contributed by atoms with van der Waals surface area (Å²) in [6, 6.07) is 15.9. The van der Waals surface area contributed by atoms with Gasteiger partial charge >= 0.3 is 0 Å². The van der Waals surface area contributed by atoms with E-state index in [9.17, 15) is 4.79 Å². The van der Waals surface area contributed by atoms with Crippen LogP contribution in [-0.2, 0) is 12.3 Å². The van der Waals surface area contributed by atoms with E-state index in [4.69, 9.17) is 0 Å². The molecule has 160 valence electrons. The zero-order valence-electron chi connectivity index (χ0n) is 18.0. The predicted octanol–water partition coefficient (Wildman–Crippen LogP) is 5.51. The maximum Gasteiger partial charge on any atom is 0.255 e. The molecule has 0 unspecified atom stereocenters. The minimum absolute atomic E-state index is 0.0962. The molecule has 4 aromatic rings. The number of carbonyl (C=O) groups is 1. The van der Waals surface area contributed by atoms with Gasteiger partial charge in [0.25, 0.3) is 5.91 Å². The van der Waals surface area contributed by atoms with E-state index in [1.165, 1.54) is 11.1 Å². The zero-order valence-corrected chi connectivity index (χ0v) is 19.6. The van der Waals surface area contributed by atoms with E-state index >= 15 is 0 Å². The van der Waals surface area contributed by atoms with Crippen molar-refractivity contribution in [1.29, 1.82) is 0 Å². The van der Waals surface area contributed by atoms with Crippen molar-refractivity contribution in [3.8, 4) is 0 Å². The van der Waals surface area contributed by atoms with Crippen molar-refractivity contribution >= 4 is 45.6 Å². The highest BCUT2D eigenvalue weighted by Gasteiger charge is 2.09. The minimum atomic E-state index is -0.0962. The monoisotopic (exact) mass is 450 g/mol. The van der Waals surface area contributed by atoms with E-state index in [1.807, 2.05) is 43.3 Å². The number of thioether (sulfide) groups is 1. The number of aryl methyl sites for hydroxylation is 1. The van der Waals surface area contributed by atoms with Gasteiger partial charge in [-0.05, 0) is 63.0 Å². The summed E-state index contributed by atoms with van der Waals surface area (Å²) in [6.07, 6.45) is 2.10. The van der Waals surface area contributed by atoms with Crippen LogP contribution in [0.25, 0.3) is 10.9 Å². The molecule has 0 aliphatic heterocycles. The second-order valence-electron chi connectivity index (χ2n) is 7.78. The van der Waals surface area contributed by atoms with Crippen molar-refractivity contribution in [3.05, 3.63) is 76.9 Å². The molecule has 2 aromatic heterocycles. The fourth-order valence-electron chi connectivity index (χ4n) is 3.28. The first kappa shape index (κ1) is 21.6. The summed E-state index contributed by atoms with van der Waals surface area (Å²) in [7, 11) is 4.15. The molecule has 0 aliphatic rings. The maximum absolute atomic E-state index is 12.7. The average Bonchev–Trinajstić information content (AvgIpc) is 3.36. The van der Waals surface area contributed by atoms with E-state index in [1.54, 1.807) is 23.1 Å². The van der Waals surface area contributed by atoms with Gasteiger partial charge in [-0.1, -0.05) is 23.9 Å². The Hall–Kier alpha value is -2.61. The van der Waals surface area contributed by atoms with Crippen LogP contribution in [0.1, 0.15) is 21.6 Å². The summed E-state index contributed by atoms with van der Waals surface area (Å²) in [5.74, 6) is 0.747. The minimum Gasteiger partial charge on any atom is -0.346 e. The number of carbonyl (C=O) groups excluding carboxylic acids is 1. The molecular formula is C24H26N4OS2. The van der Waals surface area contributed by atoms with Gasteiger partial charge in [0, 0.05) is 58.3 Å². The first-order valence-electron chi connectivity index (χ1n) is 10.2. The van der Waals surface area contributed by atoms with Gasteiger partial charge < -0.3 is 14.8 Å². The topological polar surface area (TPSA) is 50.2 Å². The summed E-state index contributed by atoms with van der Waals surface area (Å²) in [6.45, 7) is 3.93. The van der Waals surface area contributed by atoms with Crippen LogP contribution in [0.5, 0.6) is 0 Å². The van der Waals surface area contributed by atoms with E-state index in [0.717, 1.165) is 39.9 Å². The van der Waals surface area contributed by atoms with Crippen LogP contribution >= 0.6 is 23.1 Å². The van der Waals surface area contributed by atoms with Gasteiger partial charge in [-0.3, -0.25) is 4.79 Å². The van der Waals surface area contributed by atoms with Crippen LogP contribution in [0.2, 0.25) is 0 Å². The van der Waals surface area contributed by atoms with E-state index in [0.29, 0.717) is 5.56 Å². The van der Waals surface area contributed by atoms with Gasteiger partial charge in [0.2, 0.25) is 0 Å². The maximum atomic E-state index is 12.7. The number of thiazole rings is 1. The third-order valence-corrected chi connectivity index (χ3v) is 7.20. The number of anilines is 1. The highest BCUT2D eigenvalue weighted by Crippen LogP contribution is 2.26. The number of nitrogens with one attached hydrogen (secondary N) is 1. The summed E-state index contributed by atoms with van der Waals surface area (Å²) >= 11 is 3.39. The Balaban J connectivity index is 1.37. The molecule has 1 N–H and O–H groups in total. The molecule has 2 heterocycles. The van der Waals surface area contributed by atoms with Crippen LogP contribution in [0.4, 0.5) is 5.69 Å². The molecule has 0 bridgehead atoms. The summed E-state index contributed by atoms with van der Waals surface area (Å²) < 4.78 is 3.32. The quantitative estimate of drug-likeness (QED) is 0.360. The first-order valence-corrected chi connectivity index (χ1v) is 12.0. The molecule has 0 fully saturated rings. The number of hydrogen-bond acceptors (Lipinski definition) is 5. The standard InChI is InChI=1S/C24H26N4OS2/c1-17-15-30-24(25-17)31-16-18-4-6-19(7-5-18)23(29)26-21-8-9-22-20(14-21)10-11-28(22)13-12-27(2)3/h4-11,14-15H,12-13,16H2,1-3H3,(H,26,29). The van der Waals surface area contributed by atoms with Gasteiger partial charge in [-0.15, -0.1) is 11.3 Å². The number of likely N-dealkylation sites (N-methyl/N-ethyl adjacent to an activating group) is 1. The summed E-state index contributed by atoms with van der Waals surface area (Å²) in [5.41, 5.74) is 4.87. The lowest BCUT2D eigenvalue weighted by atomic mass is 10.1. The van der Waals surface area contributed by atoms with Crippen molar-refractivity contribution in [2.45, 2.75) is 23.6 Å². The molecule has 7 heteroatoms. The molecule has 4 rings (SSSR count). The van der Waals surface area contributed by atoms with Crippen molar-refractivity contribution in [2.75, 3.05) is 26.0 Å². The highest BCUT2D eigenvalue weighted by molar-refractivity contribution is 8.00. The van der Waals surface area contributed by atoms with Gasteiger partial charge in [-0.25, -0.2) is 4.98 Å². The van der Waals surface area contributed by atoms with Gasteiger partial charge in [0.15, 0.2) is 0 Å². The average molecular weight is 451 g/mol. The molecule has 2 aromatic carbocycles. The SMILES string of the molecule is Cc1csc(SCc2ccc(C(=O)Nc3ccc4c(ccn4CCN(C)C)c3)cc2)n1. The Morgan fingerprint density at radius 3 is 2.68 bits per heavy atom. The van der Waals surface area contributed by atoms with Crippen LogP contribution < -0.4 is 5.32 Å². The lowest BCUT2D eigenvalue weighted by Crippen LogP contribution is -2.17. The van der Waals surface area contributed by atoms with Gasteiger partial charge in [0.1, 0.15) is 4.34 Å². The molecule has 31 heavy (non-hydrogen) atoms. The Kier molecular flexibility index (Phi) is 6.75. The Morgan fingerprint density at radius 1 is 1.16 bits per heavy atom. The highest BCUT2D eigenvalue weighted by atomic mass is 32.2. The van der Waals surface area contributed by atoms with Crippen molar-refractivity contribution < 1.29 is 4.79 Å². The number of nitrogens with zero attached hydrogens (tertiary/aromatic N) is 3. The van der Waals surface area contributed by atoms with Crippen LogP contribution in [0.15, 0.2) is 64.4 Å². The number of aromatic nitrogens is 2. The van der Waals surface area contributed by atoms with Gasteiger partial charge in [-0.2, -0.15) is 0 Å². The lowest BCUT2D eigenvalue weighted by molar-refractivity contribution is 0.102. The molecule has 1 amide bonds. The third kappa shape index (κ3) is 5.55. The molecule has 0 radical (unpaired) electrons. The van der Waals surface area contributed by atoms with Crippen LogP contribution in [0, 0.1) is 6.92 Å². The molecule has 5 nitrogen and oxygen atoms in total. The molecular weight excluding hydrogens is 424 g/mol. The number of amides is 1. The second-order valence-corrected chi connectivity index (χ2v) is 9.86. The second kappa shape index (κ2) is 9.68. The molecule has 0 spiro atoms. The smallest absolute Gasteiger partial charge is 0.255 e. The number of rotatable bonds is 8. The summed E-state index contributed by atoms with van der Waals surface area (Å²) in [4.78, 5) is 19.3. The normalized spacial score (nSPS) is 11.4. The van der Waals surface area contributed by atoms with E-state index in [2.05, 4.69) is 57.6 Å². The lowest BCUT2D eigenvalue weighted by Gasteiger charge is -2.11. The number of fused-ring (bicyclic) bond motifs is 1. The number of benzene rings is 2. The largest absolute Gasteiger partial charge is 0.346 e. The van der Waals surface area contributed by atoms with Crippen LogP contribution in [-0.4, -0.2) is 41.0 Å². The van der Waals surface area contributed by atoms with E-state index < -0.39 is 0 Å². The zero-order chi connectivity index (χ0) is 21.8. The van der Waals surface area contributed by atoms with Crippen molar-refractivity contribution in [3.63, 3.8) is 0 Å². The number of hydrogen-bond donors (Lipinski definition) is 1. The molecule has 0 atom stereocenters. The Morgan fingerprint density at radius 2 is 1.97 bits per heavy atom. The molecule has 0 aliphatic carbocycles. The fraction of sp³-hybridized carbons (Fsp3) is 0.250. The van der Waals surface area contributed by atoms with Crippen molar-refractivity contribution in [2.24, 2.45) is 0 Å². The predicted molar refractivity (Wildman–Crippen MR) is 131 cm³/mol. The van der Waals surface area contributed by atoms with Crippen molar-refractivity contribution in [1.82, 2.24) is 14.5 Å². The third-order valence-electron chi connectivity index (χ3n) is 4.99. The first-order chi connectivity index (χ1) is 15.0. The molecule has 0 saturated carbocycles. The fourth-order valence-corrected chi connectivity index (χ4v) is 5.09. The molecule has 0 saturated heterocycles.